The molecule has 2 rings (SSSR count). The van der Waals surface area contributed by atoms with E-state index in [9.17, 15) is 14.0 Å². The van der Waals surface area contributed by atoms with Crippen LogP contribution in [0.1, 0.15) is 22.3 Å². The molecule has 5 heteroatoms. The summed E-state index contributed by atoms with van der Waals surface area (Å²) in [4.78, 5) is 22.4. The molecule has 0 aliphatic heterocycles. The van der Waals surface area contributed by atoms with Crippen molar-refractivity contribution in [1.29, 1.82) is 0 Å². The van der Waals surface area contributed by atoms with Crippen LogP contribution >= 0.6 is 0 Å². The lowest BCUT2D eigenvalue weighted by molar-refractivity contribution is -0.136. The third-order valence-electron chi connectivity index (χ3n) is 2.96. The van der Waals surface area contributed by atoms with E-state index in [0.717, 1.165) is 5.56 Å². The predicted octanol–water partition coefficient (Wildman–Crippen LogP) is 3.10. The highest BCUT2D eigenvalue weighted by Gasteiger charge is 2.10. The minimum absolute atomic E-state index is 0.0209. The molecule has 21 heavy (non-hydrogen) atoms. The lowest BCUT2D eigenvalue weighted by atomic mass is 10.1. The number of carbonyl (C=O) groups excluding carboxylic acids is 1. The molecule has 0 aromatic heterocycles. The van der Waals surface area contributed by atoms with Crippen LogP contribution in [0.25, 0.3) is 0 Å². The number of benzene rings is 2. The zero-order valence-corrected chi connectivity index (χ0v) is 11.2. The van der Waals surface area contributed by atoms with Crippen LogP contribution in [0, 0.1) is 5.82 Å². The lowest BCUT2D eigenvalue weighted by Crippen LogP contribution is -2.13. The molecule has 0 spiro atoms. The number of amides is 1. The van der Waals surface area contributed by atoms with Gasteiger partial charge in [-0.1, -0.05) is 24.3 Å². The third kappa shape index (κ3) is 4.14. The molecule has 4 nitrogen and oxygen atoms in total. The van der Waals surface area contributed by atoms with E-state index in [2.05, 4.69) is 5.32 Å². The molecule has 0 atom stereocenters. The van der Waals surface area contributed by atoms with Gasteiger partial charge in [0.1, 0.15) is 5.82 Å². The van der Waals surface area contributed by atoms with Crippen LogP contribution in [0.4, 0.5) is 10.1 Å². The van der Waals surface area contributed by atoms with Crippen molar-refractivity contribution in [2.24, 2.45) is 0 Å². The molecule has 2 aromatic rings. The van der Waals surface area contributed by atoms with E-state index in [1.54, 1.807) is 30.3 Å². The topological polar surface area (TPSA) is 66.4 Å². The first-order valence-electron chi connectivity index (χ1n) is 6.43. The maximum Gasteiger partial charge on any atom is 0.303 e. The number of carboxylic acids is 1. The Labute approximate surface area is 121 Å². The van der Waals surface area contributed by atoms with E-state index in [4.69, 9.17) is 5.11 Å². The summed E-state index contributed by atoms with van der Waals surface area (Å²) in [5.41, 5.74) is 1.37. The maximum atomic E-state index is 13.5. The summed E-state index contributed by atoms with van der Waals surface area (Å²) in [5, 5.41) is 11.2. The highest BCUT2D eigenvalue weighted by molar-refractivity contribution is 6.04. The Morgan fingerprint density at radius 3 is 2.33 bits per heavy atom. The number of carboxylic acid groups (broad SMARTS) is 1. The highest BCUT2D eigenvalue weighted by atomic mass is 19.1. The van der Waals surface area contributed by atoms with Crippen molar-refractivity contribution in [1.82, 2.24) is 0 Å². The van der Waals surface area contributed by atoms with Gasteiger partial charge in [0.05, 0.1) is 5.56 Å². The molecule has 2 aromatic carbocycles. The molecule has 0 heterocycles. The van der Waals surface area contributed by atoms with Crippen LogP contribution in [0.5, 0.6) is 0 Å². The third-order valence-corrected chi connectivity index (χ3v) is 2.96. The average molecular weight is 287 g/mol. The summed E-state index contributed by atoms with van der Waals surface area (Å²) in [6, 6.07) is 12.5. The molecular formula is C16H14FNO3. The van der Waals surface area contributed by atoms with E-state index in [-0.39, 0.29) is 12.0 Å². The van der Waals surface area contributed by atoms with Gasteiger partial charge < -0.3 is 10.4 Å². The second-order valence-corrected chi connectivity index (χ2v) is 4.52. The van der Waals surface area contributed by atoms with Gasteiger partial charge in [-0.3, -0.25) is 9.59 Å². The summed E-state index contributed by atoms with van der Waals surface area (Å²) in [6.07, 6.45) is 0.484. The van der Waals surface area contributed by atoms with Crippen molar-refractivity contribution in [3.63, 3.8) is 0 Å². The van der Waals surface area contributed by atoms with Gasteiger partial charge in [-0.15, -0.1) is 0 Å². The molecule has 108 valence electrons. The Bertz CT molecular complexity index is 653. The zero-order valence-electron chi connectivity index (χ0n) is 11.2. The van der Waals surface area contributed by atoms with E-state index in [1.807, 2.05) is 0 Å². The largest absolute Gasteiger partial charge is 0.481 e. The highest BCUT2D eigenvalue weighted by Crippen LogP contribution is 2.14. The van der Waals surface area contributed by atoms with Gasteiger partial charge >= 0.3 is 5.97 Å². The summed E-state index contributed by atoms with van der Waals surface area (Å²) < 4.78 is 13.5. The summed E-state index contributed by atoms with van der Waals surface area (Å²) in [5.74, 6) is -1.95. The molecular weight excluding hydrogens is 273 g/mol. The molecule has 0 radical (unpaired) electrons. The Morgan fingerprint density at radius 1 is 1.05 bits per heavy atom. The van der Waals surface area contributed by atoms with Crippen molar-refractivity contribution in [2.45, 2.75) is 12.8 Å². The molecule has 0 fully saturated rings. The van der Waals surface area contributed by atoms with Crippen LogP contribution in [0.2, 0.25) is 0 Å². The van der Waals surface area contributed by atoms with Crippen molar-refractivity contribution in [3.8, 4) is 0 Å². The lowest BCUT2D eigenvalue weighted by Gasteiger charge is -2.07. The first-order chi connectivity index (χ1) is 10.1. The first-order valence-corrected chi connectivity index (χ1v) is 6.43. The number of anilines is 1. The number of rotatable bonds is 5. The van der Waals surface area contributed by atoms with Crippen LogP contribution in [0.3, 0.4) is 0 Å². The van der Waals surface area contributed by atoms with E-state index in [1.165, 1.54) is 18.2 Å². The van der Waals surface area contributed by atoms with Gasteiger partial charge in [0, 0.05) is 12.1 Å². The Balaban J connectivity index is 2.02. The molecule has 0 aliphatic rings. The Kier molecular flexibility index (Phi) is 4.66. The van der Waals surface area contributed by atoms with Gasteiger partial charge in [0.25, 0.3) is 5.91 Å². The molecule has 0 unspecified atom stereocenters. The second kappa shape index (κ2) is 6.65. The molecule has 0 aliphatic carbocycles. The monoisotopic (exact) mass is 287 g/mol. The number of nitrogens with one attached hydrogen (secondary N) is 1. The van der Waals surface area contributed by atoms with Crippen molar-refractivity contribution < 1.29 is 19.1 Å². The van der Waals surface area contributed by atoms with Crippen LogP contribution < -0.4 is 5.32 Å². The summed E-state index contributed by atoms with van der Waals surface area (Å²) in [6.45, 7) is 0. The average Bonchev–Trinajstić information content (AvgIpc) is 2.47. The zero-order chi connectivity index (χ0) is 15.2. The molecule has 0 bridgehead atoms. The fraction of sp³-hybridized carbons (Fsp3) is 0.125. The standard InChI is InChI=1S/C16H14FNO3/c17-14-4-2-1-3-13(14)16(21)18-12-8-5-11(6-9-12)7-10-15(19)20/h1-6,8-9H,7,10H2,(H,18,21)(H,19,20). The summed E-state index contributed by atoms with van der Waals surface area (Å²) in [7, 11) is 0. The van der Waals surface area contributed by atoms with Gasteiger partial charge in [-0.05, 0) is 36.2 Å². The molecule has 2 N–H and O–H groups in total. The molecule has 0 saturated carbocycles. The first kappa shape index (κ1) is 14.7. The number of aryl methyl sites for hydroxylation is 1. The number of hydrogen-bond donors (Lipinski definition) is 2. The number of aliphatic carboxylic acids is 1. The molecule has 0 saturated heterocycles. The van der Waals surface area contributed by atoms with E-state index < -0.39 is 17.7 Å². The quantitative estimate of drug-likeness (QED) is 0.888. The number of carbonyl (C=O) groups is 2. The predicted molar refractivity (Wildman–Crippen MR) is 76.8 cm³/mol. The van der Waals surface area contributed by atoms with E-state index >= 15 is 0 Å². The van der Waals surface area contributed by atoms with Gasteiger partial charge in [0.15, 0.2) is 0 Å². The Morgan fingerprint density at radius 2 is 1.71 bits per heavy atom. The fourth-order valence-electron chi connectivity index (χ4n) is 1.85. The fourth-order valence-corrected chi connectivity index (χ4v) is 1.85. The smallest absolute Gasteiger partial charge is 0.303 e. The number of halogens is 1. The van der Waals surface area contributed by atoms with Crippen molar-refractivity contribution >= 4 is 17.6 Å². The SMILES string of the molecule is O=C(O)CCc1ccc(NC(=O)c2ccccc2F)cc1. The Hall–Kier alpha value is -2.69. The van der Waals surface area contributed by atoms with Crippen molar-refractivity contribution in [2.75, 3.05) is 5.32 Å². The molecule has 1 amide bonds. The maximum absolute atomic E-state index is 13.5. The van der Waals surface area contributed by atoms with Gasteiger partial charge in [-0.25, -0.2) is 4.39 Å². The normalized spacial score (nSPS) is 10.1. The van der Waals surface area contributed by atoms with Gasteiger partial charge in [-0.2, -0.15) is 0 Å². The van der Waals surface area contributed by atoms with Crippen LogP contribution in [-0.2, 0) is 11.2 Å². The van der Waals surface area contributed by atoms with Crippen LogP contribution in [0.15, 0.2) is 48.5 Å². The minimum Gasteiger partial charge on any atom is -0.481 e. The second-order valence-electron chi connectivity index (χ2n) is 4.52. The van der Waals surface area contributed by atoms with Gasteiger partial charge in [0.2, 0.25) is 0 Å². The summed E-state index contributed by atoms with van der Waals surface area (Å²) >= 11 is 0. The minimum atomic E-state index is -0.855. The van der Waals surface area contributed by atoms with Crippen molar-refractivity contribution in [3.05, 3.63) is 65.5 Å². The van der Waals surface area contributed by atoms with Crippen LogP contribution in [-0.4, -0.2) is 17.0 Å². The van der Waals surface area contributed by atoms with E-state index in [0.29, 0.717) is 12.1 Å². The number of hydrogen-bond acceptors (Lipinski definition) is 2.